The van der Waals surface area contributed by atoms with E-state index in [1.54, 1.807) is 0 Å². The zero-order valence-electron chi connectivity index (χ0n) is 23.1. The van der Waals surface area contributed by atoms with Gasteiger partial charge in [-0.05, 0) is 104 Å². The molecule has 0 radical (unpaired) electrons. The van der Waals surface area contributed by atoms with Crippen molar-refractivity contribution in [1.29, 1.82) is 0 Å². The summed E-state index contributed by atoms with van der Waals surface area (Å²) in [7, 11) is 0. The van der Waals surface area contributed by atoms with E-state index < -0.39 is 23.3 Å². The molecule has 0 N–H and O–H groups in total. The molecule has 38 heavy (non-hydrogen) atoms. The normalized spacial score (nSPS) is 24.5. The Morgan fingerprint density at radius 1 is 0.711 bits per heavy atom. The first-order chi connectivity index (χ1) is 18.3. The Balaban J connectivity index is 1.30. The van der Waals surface area contributed by atoms with Gasteiger partial charge in [-0.2, -0.15) is 8.78 Å². The van der Waals surface area contributed by atoms with Crippen LogP contribution in [0.4, 0.5) is 17.6 Å². The Morgan fingerprint density at radius 3 is 1.82 bits per heavy atom. The summed E-state index contributed by atoms with van der Waals surface area (Å²) >= 11 is 0. The first kappa shape index (κ1) is 29.1. The van der Waals surface area contributed by atoms with Crippen molar-refractivity contribution in [3.63, 3.8) is 0 Å². The topological polar surface area (TPSA) is 9.23 Å². The van der Waals surface area contributed by atoms with Crippen LogP contribution in [0.25, 0.3) is 0 Å². The molecule has 4 rings (SSSR count). The van der Waals surface area contributed by atoms with Crippen molar-refractivity contribution < 1.29 is 22.3 Å². The molecular weight excluding hydrogens is 488 g/mol. The van der Waals surface area contributed by atoms with Crippen LogP contribution in [0.3, 0.4) is 0 Å². The number of alkyl halides is 2. The lowest BCUT2D eigenvalue weighted by atomic mass is 9.77. The van der Waals surface area contributed by atoms with E-state index in [1.165, 1.54) is 50.2 Å². The summed E-state index contributed by atoms with van der Waals surface area (Å²) in [5, 5.41) is 0. The molecule has 0 spiro atoms. The Hall–Kier alpha value is -1.88. The summed E-state index contributed by atoms with van der Waals surface area (Å²) in [5.74, 6) is -0.692. The van der Waals surface area contributed by atoms with Gasteiger partial charge in [0.25, 0.3) is 0 Å². The molecule has 2 saturated carbocycles. The second kappa shape index (κ2) is 13.5. The smallest absolute Gasteiger partial charge is 0.316 e. The summed E-state index contributed by atoms with van der Waals surface area (Å²) in [4.78, 5) is 0. The summed E-state index contributed by atoms with van der Waals surface area (Å²) in [6, 6.07) is 10.5. The van der Waals surface area contributed by atoms with Crippen molar-refractivity contribution in [1.82, 2.24) is 0 Å². The maximum absolute atomic E-state index is 14.9. The van der Waals surface area contributed by atoms with Crippen molar-refractivity contribution in [2.45, 2.75) is 115 Å². The minimum atomic E-state index is -3.89. The number of hydrogen-bond acceptors (Lipinski definition) is 1. The molecule has 2 aliphatic carbocycles. The number of hydrogen-bond donors (Lipinski definition) is 0. The monoisotopic (exact) mass is 532 g/mol. The van der Waals surface area contributed by atoms with Crippen LogP contribution in [0.1, 0.15) is 125 Å². The molecule has 0 saturated heterocycles. The Bertz CT molecular complexity index is 1000. The van der Waals surface area contributed by atoms with Crippen LogP contribution in [0.15, 0.2) is 36.4 Å². The van der Waals surface area contributed by atoms with E-state index in [0.29, 0.717) is 11.8 Å². The fraction of sp³-hybridized carbons (Fsp3) is 0.636. The van der Waals surface area contributed by atoms with Crippen molar-refractivity contribution >= 4 is 0 Å². The molecule has 0 unspecified atom stereocenters. The van der Waals surface area contributed by atoms with Crippen LogP contribution >= 0.6 is 0 Å². The van der Waals surface area contributed by atoms with Crippen LogP contribution in [-0.2, 0) is 17.3 Å². The molecule has 2 fully saturated rings. The van der Waals surface area contributed by atoms with Gasteiger partial charge in [0.1, 0.15) is 0 Å². The third-order valence-electron chi connectivity index (χ3n) is 9.08. The van der Waals surface area contributed by atoms with Crippen molar-refractivity contribution in [2.75, 3.05) is 6.61 Å². The molecule has 2 aromatic carbocycles. The SMILES string of the molecule is CCC[C@H]1CC[C@H](c2ccc(CCOC(F)(F)c3ccc([C@H]4CC[C@H](CCC)CC4)c(F)c3F)cc2)CC1. The van der Waals surface area contributed by atoms with Gasteiger partial charge in [0, 0.05) is 0 Å². The average molecular weight is 533 g/mol. The zero-order valence-corrected chi connectivity index (χ0v) is 23.1. The van der Waals surface area contributed by atoms with E-state index in [0.717, 1.165) is 56.1 Å². The van der Waals surface area contributed by atoms with Crippen molar-refractivity contribution in [3.8, 4) is 0 Å². The molecule has 5 heteroatoms. The van der Waals surface area contributed by atoms with Crippen LogP contribution < -0.4 is 0 Å². The molecule has 0 atom stereocenters. The minimum Gasteiger partial charge on any atom is -0.316 e. The van der Waals surface area contributed by atoms with E-state index in [-0.39, 0.29) is 24.5 Å². The van der Waals surface area contributed by atoms with E-state index in [2.05, 4.69) is 26.0 Å². The summed E-state index contributed by atoms with van der Waals surface area (Å²) in [6.07, 6.45) is 9.69. The summed E-state index contributed by atoms with van der Waals surface area (Å²) in [6.45, 7) is 4.12. The molecule has 210 valence electrons. The summed E-state index contributed by atoms with van der Waals surface area (Å²) < 4.78 is 64.1. The van der Waals surface area contributed by atoms with Gasteiger partial charge in [-0.15, -0.1) is 0 Å². The van der Waals surface area contributed by atoms with E-state index in [9.17, 15) is 17.6 Å². The second-order valence-corrected chi connectivity index (χ2v) is 11.7. The average Bonchev–Trinajstić information content (AvgIpc) is 2.92. The maximum atomic E-state index is 14.9. The lowest BCUT2D eigenvalue weighted by Gasteiger charge is -2.29. The second-order valence-electron chi connectivity index (χ2n) is 11.7. The summed E-state index contributed by atoms with van der Waals surface area (Å²) in [5.41, 5.74) is 1.40. The van der Waals surface area contributed by atoms with Gasteiger partial charge < -0.3 is 4.74 Å². The first-order valence-corrected chi connectivity index (χ1v) is 14.9. The standard InChI is InChI=1S/C33H44F4O/c1-3-5-23-7-13-26(14-8-23)27-15-9-25(10-16-27)21-22-38-33(36,37)30-20-19-29(31(34)32(30)35)28-17-11-24(6-4-2)12-18-28/h9-10,15-16,19-20,23-24,26,28H,3-8,11-14,17-18,21-22H2,1-2H3/t23-,24-,26-,28-. The van der Waals surface area contributed by atoms with Crippen LogP contribution in [0.2, 0.25) is 0 Å². The molecule has 0 heterocycles. The number of rotatable bonds is 11. The molecule has 2 aromatic rings. The van der Waals surface area contributed by atoms with Crippen LogP contribution in [0.5, 0.6) is 0 Å². The lowest BCUT2D eigenvalue weighted by molar-refractivity contribution is -0.249. The highest BCUT2D eigenvalue weighted by molar-refractivity contribution is 5.31. The third-order valence-corrected chi connectivity index (χ3v) is 9.08. The fourth-order valence-corrected chi connectivity index (χ4v) is 6.80. The number of halogens is 4. The molecule has 2 aliphatic rings. The van der Waals surface area contributed by atoms with E-state index in [4.69, 9.17) is 4.74 Å². The van der Waals surface area contributed by atoms with Gasteiger partial charge in [0.15, 0.2) is 11.6 Å². The van der Waals surface area contributed by atoms with Gasteiger partial charge in [-0.25, -0.2) is 8.78 Å². The first-order valence-electron chi connectivity index (χ1n) is 14.9. The quantitative estimate of drug-likeness (QED) is 0.262. The largest absolute Gasteiger partial charge is 0.386 e. The Kier molecular flexibility index (Phi) is 10.3. The third kappa shape index (κ3) is 7.20. The molecule has 0 aromatic heterocycles. The maximum Gasteiger partial charge on any atom is 0.386 e. The highest BCUT2D eigenvalue weighted by Crippen LogP contribution is 2.41. The highest BCUT2D eigenvalue weighted by atomic mass is 19.3. The van der Waals surface area contributed by atoms with Gasteiger partial charge in [0.05, 0.1) is 12.2 Å². The minimum absolute atomic E-state index is 0.115. The Labute approximate surface area is 226 Å². The number of ether oxygens (including phenoxy) is 1. The Morgan fingerprint density at radius 2 is 1.26 bits per heavy atom. The van der Waals surface area contributed by atoms with Crippen LogP contribution in [-0.4, -0.2) is 6.61 Å². The van der Waals surface area contributed by atoms with Gasteiger partial charge >= 0.3 is 6.11 Å². The van der Waals surface area contributed by atoms with Gasteiger partial charge in [-0.3, -0.25) is 0 Å². The molecule has 1 nitrogen and oxygen atoms in total. The highest BCUT2D eigenvalue weighted by Gasteiger charge is 2.38. The van der Waals surface area contributed by atoms with Gasteiger partial charge in [0.2, 0.25) is 0 Å². The predicted octanol–water partition coefficient (Wildman–Crippen LogP) is 10.4. The predicted molar refractivity (Wildman–Crippen MR) is 146 cm³/mol. The van der Waals surface area contributed by atoms with E-state index >= 15 is 0 Å². The molecule has 0 aliphatic heterocycles. The van der Waals surface area contributed by atoms with Crippen LogP contribution in [0, 0.1) is 23.5 Å². The van der Waals surface area contributed by atoms with Crippen molar-refractivity contribution in [2.24, 2.45) is 11.8 Å². The van der Waals surface area contributed by atoms with Crippen molar-refractivity contribution in [3.05, 3.63) is 70.3 Å². The van der Waals surface area contributed by atoms with Gasteiger partial charge in [-0.1, -0.05) is 69.9 Å². The molecular formula is C33H44F4O. The fourth-order valence-electron chi connectivity index (χ4n) is 6.80. The molecule has 0 bridgehead atoms. The molecule has 0 amide bonds. The lowest BCUT2D eigenvalue weighted by Crippen LogP contribution is -2.23. The zero-order chi connectivity index (χ0) is 27.1. The van der Waals surface area contributed by atoms with E-state index in [1.807, 2.05) is 12.1 Å². The number of benzene rings is 2.